The van der Waals surface area contributed by atoms with Gasteiger partial charge >= 0.3 is 0 Å². The number of para-hydroxylation sites is 4. The molecule has 4 aromatic heterocycles. The third kappa shape index (κ3) is 5.93. The van der Waals surface area contributed by atoms with E-state index in [9.17, 15) is 0 Å². The van der Waals surface area contributed by atoms with Crippen LogP contribution >= 0.6 is 0 Å². The molecule has 312 valence electrons. The molecule has 14 aromatic rings. The van der Waals surface area contributed by atoms with Gasteiger partial charge in [-0.2, -0.15) is 0 Å². The molecule has 0 radical (unpaired) electrons. The Labute approximate surface area is 384 Å². The molecule has 0 saturated carbocycles. The first kappa shape index (κ1) is 37.3. The SMILES string of the molecule is c1ccc(-c2ccc(-c3nc(-c4ccc5c6ccccc6n(-c6ccccc6)c5c4)nc(-c4cc(-n5c6ccccc6c6cc7ccccc7cc65)cc5c4oc4ccccc45)n3)cc2)cc1. The predicted molar refractivity (Wildman–Crippen MR) is 275 cm³/mol. The van der Waals surface area contributed by atoms with E-state index in [1.165, 1.54) is 26.9 Å². The van der Waals surface area contributed by atoms with E-state index in [4.69, 9.17) is 19.4 Å². The van der Waals surface area contributed by atoms with Crippen LogP contribution in [0.2, 0.25) is 0 Å². The highest BCUT2D eigenvalue weighted by atomic mass is 16.3. The molecule has 4 heterocycles. The van der Waals surface area contributed by atoms with Gasteiger partial charge in [0.2, 0.25) is 0 Å². The van der Waals surface area contributed by atoms with E-state index in [0.717, 1.165) is 88.6 Å². The first-order chi connectivity index (χ1) is 33.2. The van der Waals surface area contributed by atoms with E-state index in [2.05, 4.69) is 215 Å². The van der Waals surface area contributed by atoms with Crippen LogP contribution in [0.5, 0.6) is 0 Å². The number of furan rings is 1. The van der Waals surface area contributed by atoms with Crippen molar-refractivity contribution in [2.45, 2.75) is 0 Å². The lowest BCUT2D eigenvalue weighted by Crippen LogP contribution is -2.02. The Hall–Kier alpha value is -9.13. The summed E-state index contributed by atoms with van der Waals surface area (Å²) in [6.45, 7) is 0. The van der Waals surface area contributed by atoms with Gasteiger partial charge in [0.1, 0.15) is 11.2 Å². The van der Waals surface area contributed by atoms with Crippen LogP contribution in [0, 0.1) is 0 Å². The molecule has 67 heavy (non-hydrogen) atoms. The van der Waals surface area contributed by atoms with Gasteiger partial charge in [-0.25, -0.2) is 15.0 Å². The molecule has 0 fully saturated rings. The minimum absolute atomic E-state index is 0.521. The average molecular weight is 856 g/mol. The number of hydrogen-bond acceptors (Lipinski definition) is 4. The Morgan fingerprint density at radius 3 is 1.58 bits per heavy atom. The molecule has 0 amide bonds. The Kier molecular flexibility index (Phi) is 8.18. The molecule has 0 aliphatic rings. The fourth-order valence-electron chi connectivity index (χ4n) is 10.2. The Bertz CT molecular complexity index is 4260. The average Bonchev–Trinajstić information content (AvgIpc) is 4.05. The van der Waals surface area contributed by atoms with Crippen molar-refractivity contribution in [1.29, 1.82) is 0 Å². The summed E-state index contributed by atoms with van der Waals surface area (Å²) < 4.78 is 11.5. The van der Waals surface area contributed by atoms with Crippen molar-refractivity contribution in [3.05, 3.63) is 224 Å². The van der Waals surface area contributed by atoms with Crippen molar-refractivity contribution in [2.75, 3.05) is 0 Å². The first-order valence-electron chi connectivity index (χ1n) is 22.6. The van der Waals surface area contributed by atoms with Crippen LogP contribution in [0.25, 0.3) is 133 Å². The van der Waals surface area contributed by atoms with E-state index in [0.29, 0.717) is 17.5 Å². The lowest BCUT2D eigenvalue weighted by atomic mass is 10.0. The zero-order chi connectivity index (χ0) is 44.0. The number of nitrogens with zero attached hydrogens (tertiary/aromatic N) is 5. The van der Waals surface area contributed by atoms with Crippen LogP contribution in [-0.4, -0.2) is 24.1 Å². The molecular weight excluding hydrogens is 819 g/mol. The third-order valence-corrected chi connectivity index (χ3v) is 13.3. The molecule has 0 atom stereocenters. The van der Waals surface area contributed by atoms with Gasteiger partial charge in [-0.15, -0.1) is 0 Å². The summed E-state index contributed by atoms with van der Waals surface area (Å²) in [4.78, 5) is 16.1. The van der Waals surface area contributed by atoms with Gasteiger partial charge in [-0.05, 0) is 82.6 Å². The molecule has 10 aromatic carbocycles. The molecule has 0 aliphatic carbocycles. The van der Waals surface area contributed by atoms with Crippen molar-refractivity contribution >= 4 is 76.3 Å². The Balaban J connectivity index is 1.04. The van der Waals surface area contributed by atoms with Gasteiger partial charge in [0, 0.05) is 54.8 Å². The first-order valence-corrected chi connectivity index (χ1v) is 22.6. The summed E-state index contributed by atoms with van der Waals surface area (Å²) in [7, 11) is 0. The predicted octanol–water partition coefficient (Wildman–Crippen LogP) is 15.8. The van der Waals surface area contributed by atoms with Gasteiger partial charge in [-0.3, -0.25) is 0 Å². The number of benzene rings is 10. The molecular formula is C61H37N5O. The fraction of sp³-hybridized carbons (Fsp3) is 0. The van der Waals surface area contributed by atoms with Crippen LogP contribution in [0.4, 0.5) is 0 Å². The van der Waals surface area contributed by atoms with Crippen LogP contribution in [0.15, 0.2) is 229 Å². The van der Waals surface area contributed by atoms with Gasteiger partial charge in [-0.1, -0.05) is 164 Å². The number of fused-ring (bicyclic) bond motifs is 10. The highest BCUT2D eigenvalue weighted by molar-refractivity contribution is 6.15. The smallest absolute Gasteiger partial charge is 0.167 e. The maximum atomic E-state index is 6.84. The van der Waals surface area contributed by atoms with Crippen molar-refractivity contribution in [1.82, 2.24) is 24.1 Å². The van der Waals surface area contributed by atoms with Crippen molar-refractivity contribution < 1.29 is 4.42 Å². The van der Waals surface area contributed by atoms with E-state index in [1.807, 2.05) is 18.2 Å². The van der Waals surface area contributed by atoms with Crippen LogP contribution < -0.4 is 0 Å². The Morgan fingerprint density at radius 1 is 0.299 bits per heavy atom. The topological polar surface area (TPSA) is 61.7 Å². The highest BCUT2D eigenvalue weighted by Gasteiger charge is 2.23. The zero-order valence-electron chi connectivity index (χ0n) is 36.0. The highest BCUT2D eigenvalue weighted by Crippen LogP contribution is 2.42. The molecule has 0 unspecified atom stereocenters. The summed E-state index contributed by atoms with van der Waals surface area (Å²) in [5.74, 6) is 1.66. The second-order valence-corrected chi connectivity index (χ2v) is 17.2. The second kappa shape index (κ2) is 14.7. The lowest BCUT2D eigenvalue weighted by Gasteiger charge is -2.13. The summed E-state index contributed by atoms with van der Waals surface area (Å²) in [5, 5.41) is 9.13. The molecule has 0 bridgehead atoms. The quantitative estimate of drug-likeness (QED) is 0.167. The molecule has 0 spiro atoms. The largest absolute Gasteiger partial charge is 0.455 e. The monoisotopic (exact) mass is 855 g/mol. The molecule has 6 heteroatoms. The van der Waals surface area contributed by atoms with E-state index in [1.54, 1.807) is 0 Å². The van der Waals surface area contributed by atoms with Gasteiger partial charge < -0.3 is 13.6 Å². The minimum Gasteiger partial charge on any atom is -0.455 e. The second-order valence-electron chi connectivity index (χ2n) is 17.2. The standard InChI is InChI=1S/C61H37N5O/c1-3-15-38(16-4-1)39-27-29-40(30-28-39)59-62-60(43-31-32-48-46-21-9-12-24-53(46)65(55(48)35-43)44-19-5-2-6-20-44)64-61(63-59)52-37-45(36-51-49-23-11-14-26-57(49)67-58(51)52)66-54-25-13-10-22-47(54)50-33-41-17-7-8-18-42(41)34-56(50)66/h1-37H. The van der Waals surface area contributed by atoms with Crippen LogP contribution in [-0.2, 0) is 0 Å². The number of hydrogen-bond donors (Lipinski definition) is 0. The molecule has 14 rings (SSSR count). The van der Waals surface area contributed by atoms with E-state index in [-0.39, 0.29) is 0 Å². The lowest BCUT2D eigenvalue weighted by molar-refractivity contribution is 0.669. The summed E-state index contributed by atoms with van der Waals surface area (Å²) in [5.41, 5.74) is 12.8. The van der Waals surface area contributed by atoms with E-state index >= 15 is 0 Å². The maximum absolute atomic E-state index is 6.84. The normalized spacial score (nSPS) is 11.9. The Morgan fingerprint density at radius 2 is 0.821 bits per heavy atom. The van der Waals surface area contributed by atoms with Gasteiger partial charge in [0.25, 0.3) is 0 Å². The summed E-state index contributed by atoms with van der Waals surface area (Å²) in [6, 6.07) is 79.2. The zero-order valence-corrected chi connectivity index (χ0v) is 36.0. The molecule has 6 nitrogen and oxygen atoms in total. The number of rotatable bonds is 6. The van der Waals surface area contributed by atoms with Crippen LogP contribution in [0.3, 0.4) is 0 Å². The van der Waals surface area contributed by atoms with Crippen molar-refractivity contribution in [3.63, 3.8) is 0 Å². The summed E-state index contributed by atoms with van der Waals surface area (Å²) >= 11 is 0. The summed E-state index contributed by atoms with van der Waals surface area (Å²) in [6.07, 6.45) is 0. The fourth-order valence-corrected chi connectivity index (χ4v) is 10.2. The van der Waals surface area contributed by atoms with Gasteiger partial charge in [0.15, 0.2) is 17.5 Å². The van der Waals surface area contributed by atoms with Crippen molar-refractivity contribution in [3.8, 4) is 56.7 Å². The number of aromatic nitrogens is 5. The van der Waals surface area contributed by atoms with Crippen LogP contribution in [0.1, 0.15) is 0 Å². The molecule has 0 aliphatic heterocycles. The molecule has 0 N–H and O–H groups in total. The minimum atomic E-state index is 0.521. The van der Waals surface area contributed by atoms with E-state index < -0.39 is 0 Å². The van der Waals surface area contributed by atoms with Gasteiger partial charge in [0.05, 0.1) is 27.6 Å². The molecule has 0 saturated heterocycles. The van der Waals surface area contributed by atoms with Crippen molar-refractivity contribution in [2.24, 2.45) is 0 Å². The third-order valence-electron chi connectivity index (χ3n) is 13.3. The maximum Gasteiger partial charge on any atom is 0.167 e.